The molecule has 1 N–H and O–H groups in total. The first-order chi connectivity index (χ1) is 8.76. The fourth-order valence-electron chi connectivity index (χ4n) is 2.33. The average molecular weight is 354 g/mol. The van der Waals surface area contributed by atoms with E-state index < -0.39 is 6.67 Å². The molecule has 1 aliphatic rings. The molecular formula is C13H19BrClFN2O. The third-order valence-electron chi connectivity index (χ3n) is 3.29. The highest BCUT2D eigenvalue weighted by Crippen LogP contribution is 2.32. The lowest BCUT2D eigenvalue weighted by atomic mass is 10.0. The molecule has 1 heterocycles. The Balaban J connectivity index is 0.00000180. The lowest BCUT2D eigenvalue weighted by Gasteiger charge is -2.34. The number of nitrogens with zero attached hydrogens (tertiary/aromatic N) is 1. The molecule has 2 rings (SSSR count). The minimum absolute atomic E-state index is 0. The highest BCUT2D eigenvalue weighted by Gasteiger charge is 2.24. The quantitative estimate of drug-likeness (QED) is 0.901. The fourth-order valence-corrected chi connectivity index (χ4v) is 2.67. The van der Waals surface area contributed by atoms with Crippen LogP contribution in [0.4, 0.5) is 4.39 Å². The van der Waals surface area contributed by atoms with Crippen LogP contribution in [0.25, 0.3) is 0 Å². The van der Waals surface area contributed by atoms with E-state index in [9.17, 15) is 4.39 Å². The van der Waals surface area contributed by atoms with Crippen molar-refractivity contribution in [1.29, 1.82) is 0 Å². The Morgan fingerprint density at radius 2 is 2.11 bits per heavy atom. The van der Waals surface area contributed by atoms with Gasteiger partial charge in [-0.1, -0.05) is 22.0 Å². The van der Waals surface area contributed by atoms with E-state index in [1.54, 1.807) is 7.11 Å². The molecule has 1 aromatic rings. The van der Waals surface area contributed by atoms with Gasteiger partial charge in [-0.3, -0.25) is 4.90 Å². The van der Waals surface area contributed by atoms with Crippen LogP contribution in [0.2, 0.25) is 0 Å². The van der Waals surface area contributed by atoms with Crippen LogP contribution in [0.15, 0.2) is 22.7 Å². The van der Waals surface area contributed by atoms with Gasteiger partial charge in [-0.15, -0.1) is 12.4 Å². The van der Waals surface area contributed by atoms with Gasteiger partial charge in [0.15, 0.2) is 0 Å². The number of alkyl halides is 1. The zero-order chi connectivity index (χ0) is 13.0. The third kappa shape index (κ3) is 4.05. The van der Waals surface area contributed by atoms with Crippen molar-refractivity contribution in [3.63, 3.8) is 0 Å². The molecule has 0 amide bonds. The molecule has 0 aliphatic carbocycles. The van der Waals surface area contributed by atoms with Crippen molar-refractivity contribution in [2.75, 3.05) is 40.0 Å². The van der Waals surface area contributed by atoms with Gasteiger partial charge < -0.3 is 10.1 Å². The summed E-state index contributed by atoms with van der Waals surface area (Å²) in [4.78, 5) is 2.17. The Kier molecular flexibility index (Phi) is 7.07. The van der Waals surface area contributed by atoms with Crippen molar-refractivity contribution in [3.05, 3.63) is 28.2 Å². The predicted octanol–water partition coefficient (Wildman–Crippen LogP) is 2.80. The number of hydrogen-bond acceptors (Lipinski definition) is 3. The average Bonchev–Trinajstić information content (AvgIpc) is 2.42. The van der Waals surface area contributed by atoms with Crippen molar-refractivity contribution in [3.8, 4) is 5.75 Å². The summed E-state index contributed by atoms with van der Waals surface area (Å²) in [6.07, 6.45) is 0. The summed E-state index contributed by atoms with van der Waals surface area (Å²) in [6, 6.07) is 5.55. The van der Waals surface area contributed by atoms with E-state index in [4.69, 9.17) is 4.74 Å². The summed E-state index contributed by atoms with van der Waals surface area (Å²) in [7, 11) is 1.62. The zero-order valence-corrected chi connectivity index (χ0v) is 13.3. The second-order valence-corrected chi connectivity index (χ2v) is 5.26. The Morgan fingerprint density at radius 3 is 2.68 bits per heavy atom. The van der Waals surface area contributed by atoms with Crippen molar-refractivity contribution in [2.45, 2.75) is 6.04 Å². The van der Waals surface area contributed by atoms with Crippen LogP contribution in [0, 0.1) is 0 Å². The first-order valence-corrected chi connectivity index (χ1v) is 6.89. The fraction of sp³-hybridized carbons (Fsp3) is 0.538. The first-order valence-electron chi connectivity index (χ1n) is 6.10. The van der Waals surface area contributed by atoms with Crippen molar-refractivity contribution < 1.29 is 9.13 Å². The summed E-state index contributed by atoms with van der Waals surface area (Å²) in [5.74, 6) is 0.741. The molecule has 0 aromatic heterocycles. The van der Waals surface area contributed by atoms with Crippen molar-refractivity contribution >= 4 is 28.3 Å². The lowest BCUT2D eigenvalue weighted by molar-refractivity contribution is 0.145. The minimum atomic E-state index is -0.391. The molecule has 1 fully saturated rings. The molecular weight excluding hydrogens is 335 g/mol. The number of ether oxygens (including phenoxy) is 1. The molecule has 0 unspecified atom stereocenters. The number of rotatable bonds is 4. The number of hydrogen-bond donors (Lipinski definition) is 1. The van der Waals surface area contributed by atoms with Crippen LogP contribution in [0.1, 0.15) is 11.6 Å². The van der Waals surface area contributed by atoms with E-state index in [0.717, 1.165) is 42.0 Å². The molecule has 0 saturated carbocycles. The monoisotopic (exact) mass is 352 g/mol. The molecule has 1 aromatic carbocycles. The molecule has 19 heavy (non-hydrogen) atoms. The number of nitrogens with one attached hydrogen (secondary N) is 1. The maximum atomic E-state index is 13.4. The molecule has 1 aliphatic heterocycles. The van der Waals surface area contributed by atoms with Gasteiger partial charge in [0.25, 0.3) is 0 Å². The topological polar surface area (TPSA) is 24.5 Å². The lowest BCUT2D eigenvalue weighted by Crippen LogP contribution is -2.45. The van der Waals surface area contributed by atoms with Crippen LogP contribution in [0.5, 0.6) is 5.75 Å². The second kappa shape index (κ2) is 8.04. The van der Waals surface area contributed by atoms with E-state index >= 15 is 0 Å². The second-order valence-electron chi connectivity index (χ2n) is 4.34. The number of halogens is 3. The van der Waals surface area contributed by atoms with E-state index in [-0.39, 0.29) is 18.4 Å². The number of piperazine rings is 1. The molecule has 0 bridgehead atoms. The summed E-state index contributed by atoms with van der Waals surface area (Å²) < 4.78 is 19.7. The first kappa shape index (κ1) is 16.7. The van der Waals surface area contributed by atoms with Gasteiger partial charge in [-0.2, -0.15) is 0 Å². The van der Waals surface area contributed by atoms with Gasteiger partial charge in [0.2, 0.25) is 0 Å². The Bertz CT molecular complexity index is 402. The van der Waals surface area contributed by atoms with E-state index in [2.05, 4.69) is 26.1 Å². The highest BCUT2D eigenvalue weighted by atomic mass is 79.9. The standard InChI is InChI=1S/C13H18BrFN2O.ClH/c1-18-13-8-10(14)2-3-11(13)12(9-15)17-6-4-16-5-7-17;/h2-3,8,12,16H,4-7,9H2,1H3;1H/t12-;/m0./s1. The molecule has 0 radical (unpaired) electrons. The van der Waals surface area contributed by atoms with E-state index in [0.29, 0.717) is 0 Å². The van der Waals surface area contributed by atoms with Crippen molar-refractivity contribution in [2.24, 2.45) is 0 Å². The third-order valence-corrected chi connectivity index (χ3v) is 3.79. The Labute approximate surface area is 128 Å². The van der Waals surface area contributed by atoms with Gasteiger partial charge in [0.1, 0.15) is 12.4 Å². The van der Waals surface area contributed by atoms with Crippen LogP contribution < -0.4 is 10.1 Å². The van der Waals surface area contributed by atoms with Gasteiger partial charge >= 0.3 is 0 Å². The van der Waals surface area contributed by atoms with Crippen LogP contribution >= 0.6 is 28.3 Å². The molecule has 0 spiro atoms. The molecule has 1 atom stereocenters. The summed E-state index contributed by atoms with van der Waals surface area (Å²) in [5, 5.41) is 3.28. The number of benzene rings is 1. The number of methoxy groups -OCH3 is 1. The Hall–Kier alpha value is -0.360. The van der Waals surface area contributed by atoms with Gasteiger partial charge in [-0.25, -0.2) is 4.39 Å². The van der Waals surface area contributed by atoms with Crippen LogP contribution in [0.3, 0.4) is 0 Å². The van der Waals surface area contributed by atoms with E-state index in [1.807, 2.05) is 18.2 Å². The van der Waals surface area contributed by atoms with Gasteiger partial charge in [0, 0.05) is 36.2 Å². The summed E-state index contributed by atoms with van der Waals surface area (Å²) >= 11 is 3.41. The maximum Gasteiger partial charge on any atom is 0.124 e. The molecule has 108 valence electrons. The Morgan fingerprint density at radius 1 is 1.42 bits per heavy atom. The smallest absolute Gasteiger partial charge is 0.124 e. The van der Waals surface area contributed by atoms with Gasteiger partial charge in [-0.05, 0) is 12.1 Å². The highest BCUT2D eigenvalue weighted by molar-refractivity contribution is 9.10. The van der Waals surface area contributed by atoms with Crippen LogP contribution in [-0.4, -0.2) is 44.9 Å². The molecule has 6 heteroatoms. The maximum absolute atomic E-state index is 13.4. The van der Waals surface area contributed by atoms with E-state index in [1.165, 1.54) is 0 Å². The van der Waals surface area contributed by atoms with Gasteiger partial charge in [0.05, 0.1) is 13.2 Å². The molecule has 1 saturated heterocycles. The van der Waals surface area contributed by atoms with Crippen LogP contribution in [-0.2, 0) is 0 Å². The molecule has 3 nitrogen and oxygen atoms in total. The summed E-state index contributed by atoms with van der Waals surface area (Å²) in [5.41, 5.74) is 0.921. The normalized spacial score (nSPS) is 17.6. The largest absolute Gasteiger partial charge is 0.496 e. The zero-order valence-electron chi connectivity index (χ0n) is 10.9. The minimum Gasteiger partial charge on any atom is -0.496 e. The van der Waals surface area contributed by atoms with Crippen molar-refractivity contribution in [1.82, 2.24) is 10.2 Å². The summed E-state index contributed by atoms with van der Waals surface area (Å²) in [6.45, 7) is 3.17. The SMILES string of the molecule is COc1cc(Br)ccc1[C@H](CF)N1CCNCC1.Cl. The predicted molar refractivity (Wildman–Crippen MR) is 81.1 cm³/mol.